The van der Waals surface area contributed by atoms with Crippen molar-refractivity contribution < 1.29 is 24.0 Å². The number of carbonyl (C=O) groups is 5. The van der Waals surface area contributed by atoms with Crippen molar-refractivity contribution in [2.45, 2.75) is 83.3 Å². The summed E-state index contributed by atoms with van der Waals surface area (Å²) in [5.74, 6) is -1.31. The van der Waals surface area contributed by atoms with Crippen LogP contribution in [0.15, 0.2) is 47.5 Å². The molecule has 1 saturated carbocycles. The van der Waals surface area contributed by atoms with Crippen molar-refractivity contribution >= 4 is 63.6 Å². The molecule has 3 saturated heterocycles. The lowest BCUT2D eigenvalue weighted by molar-refractivity contribution is -0.136. The maximum atomic E-state index is 13.6. The van der Waals surface area contributed by atoms with E-state index in [1.165, 1.54) is 6.92 Å². The van der Waals surface area contributed by atoms with Gasteiger partial charge in [0.05, 0.1) is 28.6 Å². The number of aryl methyl sites for hydroxylation is 1. The molecule has 16 nitrogen and oxygen atoms in total. The number of fused-ring (bicyclic) bond motifs is 2. The molecule has 4 fully saturated rings. The molecule has 0 radical (unpaired) electrons. The van der Waals surface area contributed by atoms with E-state index in [4.69, 9.17) is 4.98 Å². The third-order valence-corrected chi connectivity index (χ3v) is 12.7. The van der Waals surface area contributed by atoms with Crippen LogP contribution in [0.3, 0.4) is 0 Å². The summed E-state index contributed by atoms with van der Waals surface area (Å²) >= 11 is 0. The van der Waals surface area contributed by atoms with Gasteiger partial charge in [0, 0.05) is 75.0 Å². The zero-order valence-corrected chi connectivity index (χ0v) is 32.7. The van der Waals surface area contributed by atoms with Crippen LogP contribution >= 0.6 is 0 Å². The number of benzene rings is 1. The maximum Gasteiger partial charge on any atom is 0.263 e. The Morgan fingerprint density at radius 3 is 2.17 bits per heavy atom. The predicted molar refractivity (Wildman–Crippen MR) is 216 cm³/mol. The Hall–Kier alpha value is -6.03. The van der Waals surface area contributed by atoms with Crippen LogP contribution in [0.25, 0.3) is 11.0 Å². The summed E-state index contributed by atoms with van der Waals surface area (Å²) in [7, 11) is 0. The fraction of sp³-hybridized carbons (Fsp3) is 0.452. The molecule has 3 aromatic heterocycles. The number of aromatic nitrogens is 4. The number of hydrogen-bond acceptors (Lipinski definition) is 13. The molecule has 58 heavy (non-hydrogen) atoms. The van der Waals surface area contributed by atoms with Gasteiger partial charge in [0.15, 0.2) is 5.78 Å². The van der Waals surface area contributed by atoms with Gasteiger partial charge in [-0.05, 0) is 81.8 Å². The average molecular weight is 787 g/mol. The number of Topliss-reactive ketones (excluding diaryl/α,β-unsaturated/α-hetero) is 1. The van der Waals surface area contributed by atoms with E-state index >= 15 is 0 Å². The second-order valence-electron chi connectivity index (χ2n) is 16.0. The molecular weight excluding hydrogens is 741 g/mol. The molecule has 1 unspecified atom stereocenters. The van der Waals surface area contributed by atoms with E-state index in [2.05, 4.69) is 35.3 Å². The van der Waals surface area contributed by atoms with E-state index in [9.17, 15) is 28.8 Å². The van der Waals surface area contributed by atoms with Gasteiger partial charge in [-0.3, -0.25) is 48.5 Å². The first kappa shape index (κ1) is 37.5. The maximum absolute atomic E-state index is 13.6. The summed E-state index contributed by atoms with van der Waals surface area (Å²) in [6.07, 6.45) is 9.53. The zero-order chi connectivity index (χ0) is 40.2. The first-order chi connectivity index (χ1) is 28.0. The Balaban J connectivity index is 0.798. The van der Waals surface area contributed by atoms with Crippen molar-refractivity contribution in [2.24, 2.45) is 0 Å². The number of imide groups is 2. The number of ketones is 1. The summed E-state index contributed by atoms with van der Waals surface area (Å²) in [5, 5.41) is 6.16. The minimum Gasteiger partial charge on any atom is -0.371 e. The largest absolute Gasteiger partial charge is 0.371 e. The van der Waals surface area contributed by atoms with E-state index in [1.54, 1.807) is 29.8 Å². The van der Waals surface area contributed by atoms with E-state index in [0.717, 1.165) is 94.1 Å². The molecule has 0 bridgehead atoms. The van der Waals surface area contributed by atoms with Gasteiger partial charge in [0.25, 0.3) is 17.4 Å². The third-order valence-electron chi connectivity index (χ3n) is 12.7. The second kappa shape index (κ2) is 15.0. The van der Waals surface area contributed by atoms with Crippen LogP contribution in [-0.4, -0.2) is 110 Å². The summed E-state index contributed by atoms with van der Waals surface area (Å²) in [4.78, 5) is 98.8. The monoisotopic (exact) mass is 786 g/mol. The first-order valence-corrected chi connectivity index (χ1v) is 20.3. The van der Waals surface area contributed by atoms with E-state index in [1.807, 2.05) is 24.4 Å². The molecule has 4 aliphatic heterocycles. The highest BCUT2D eigenvalue weighted by molar-refractivity contribution is 6.23. The van der Waals surface area contributed by atoms with Crippen molar-refractivity contribution in [1.29, 1.82) is 0 Å². The van der Waals surface area contributed by atoms with E-state index in [0.29, 0.717) is 45.5 Å². The van der Waals surface area contributed by atoms with E-state index < -0.39 is 29.7 Å². The van der Waals surface area contributed by atoms with Gasteiger partial charge in [0.2, 0.25) is 17.8 Å². The van der Waals surface area contributed by atoms with Crippen LogP contribution in [0.5, 0.6) is 0 Å². The first-order valence-electron chi connectivity index (χ1n) is 20.3. The van der Waals surface area contributed by atoms with Crippen LogP contribution in [0.2, 0.25) is 0 Å². The highest BCUT2D eigenvalue weighted by Gasteiger charge is 2.45. The van der Waals surface area contributed by atoms with Gasteiger partial charge >= 0.3 is 0 Å². The fourth-order valence-corrected chi connectivity index (χ4v) is 9.56. The van der Waals surface area contributed by atoms with Crippen molar-refractivity contribution in [3.8, 4) is 0 Å². The molecular formula is C42H46N10O6. The lowest BCUT2D eigenvalue weighted by Gasteiger charge is -2.43. The summed E-state index contributed by atoms with van der Waals surface area (Å²) < 4.78 is 1.71. The Morgan fingerprint density at radius 1 is 0.776 bits per heavy atom. The smallest absolute Gasteiger partial charge is 0.263 e. The Bertz CT molecular complexity index is 2410. The molecule has 4 amide bonds. The van der Waals surface area contributed by atoms with Gasteiger partial charge in [-0.1, -0.05) is 12.8 Å². The highest BCUT2D eigenvalue weighted by atomic mass is 16.2. The average Bonchev–Trinajstić information content (AvgIpc) is 3.84. The fourth-order valence-electron chi connectivity index (χ4n) is 9.56. The molecule has 1 aliphatic carbocycles. The number of rotatable bonds is 8. The van der Waals surface area contributed by atoms with Gasteiger partial charge < -0.3 is 15.1 Å². The van der Waals surface area contributed by atoms with Crippen LogP contribution < -0.4 is 26.0 Å². The quantitative estimate of drug-likeness (QED) is 0.195. The molecule has 0 spiro atoms. The Kier molecular flexibility index (Phi) is 9.74. The molecule has 9 rings (SSSR count). The van der Waals surface area contributed by atoms with E-state index in [-0.39, 0.29) is 35.8 Å². The molecule has 16 heteroatoms. The lowest BCUT2D eigenvalue weighted by Crippen LogP contribution is -2.54. The van der Waals surface area contributed by atoms with Crippen molar-refractivity contribution in [2.75, 3.05) is 54.4 Å². The number of piperidine rings is 2. The number of nitrogens with zero attached hydrogens (tertiary/aromatic N) is 8. The molecule has 300 valence electrons. The SMILES string of the molecule is CC(=O)c1c(C)c2cnc(Nc3ccc(N4CCN(C5CCN(c6ccc7c(c6)C(=O)N(C6CCC(=O)NC6=O)C7=O)CC5)CC4)cn3)nc2n(C2CCCC2)c1=O. The number of amides is 4. The minimum absolute atomic E-state index is 0.00246. The molecule has 4 aromatic rings. The van der Waals surface area contributed by atoms with Gasteiger partial charge in [-0.2, -0.15) is 4.98 Å². The number of hydrogen-bond donors (Lipinski definition) is 2. The number of nitrogens with one attached hydrogen (secondary N) is 2. The summed E-state index contributed by atoms with van der Waals surface area (Å²) in [5.41, 5.74) is 3.58. The topological polar surface area (TPSA) is 183 Å². The van der Waals surface area contributed by atoms with Crippen LogP contribution in [0, 0.1) is 6.92 Å². The van der Waals surface area contributed by atoms with Crippen LogP contribution in [-0.2, 0) is 9.59 Å². The minimum atomic E-state index is -0.978. The predicted octanol–water partition coefficient (Wildman–Crippen LogP) is 3.75. The number of pyridine rings is 2. The standard InChI is InChI=1S/C42H46N10O6/c1-24-32-23-44-42(47-37(32)51(27-5-3-4-6-27)41(58)36(24)25(2)53)45-34-11-8-29(22-43-34)50-19-17-49(18-20-50)26-13-15-48(16-14-26)28-7-9-30-31(21-28)40(57)52(39(30)56)33-10-12-35(54)46-38(33)55/h7-9,11,21-23,26-27,33H,3-6,10,12-20H2,1-2H3,(H,46,54,55)(H,43,44,45,47). The van der Waals surface area contributed by atoms with Crippen LogP contribution in [0.4, 0.5) is 23.1 Å². The van der Waals surface area contributed by atoms with Crippen molar-refractivity contribution in [1.82, 2.24) is 34.6 Å². The van der Waals surface area contributed by atoms with Crippen LogP contribution in [0.1, 0.15) is 101 Å². The van der Waals surface area contributed by atoms with Crippen molar-refractivity contribution in [3.63, 3.8) is 0 Å². The number of piperazine rings is 1. The second-order valence-corrected chi connectivity index (χ2v) is 16.0. The lowest BCUT2D eigenvalue weighted by atomic mass is 10.0. The summed E-state index contributed by atoms with van der Waals surface area (Å²) in [6.45, 7) is 8.45. The third kappa shape index (κ3) is 6.68. The molecule has 1 aromatic carbocycles. The van der Waals surface area contributed by atoms with Crippen molar-refractivity contribution in [3.05, 3.63) is 75.3 Å². The molecule has 7 heterocycles. The molecule has 1 atom stereocenters. The normalized spacial score (nSPS) is 20.9. The molecule has 5 aliphatic rings. The number of anilines is 4. The highest BCUT2D eigenvalue weighted by Crippen LogP contribution is 2.34. The Labute approximate surface area is 334 Å². The number of carbonyl (C=O) groups excluding carboxylic acids is 5. The van der Waals surface area contributed by atoms with Gasteiger partial charge in [-0.25, -0.2) is 9.97 Å². The summed E-state index contributed by atoms with van der Waals surface area (Å²) in [6, 6.07) is 8.75. The van der Waals surface area contributed by atoms with Gasteiger partial charge in [0.1, 0.15) is 17.5 Å². The zero-order valence-electron chi connectivity index (χ0n) is 32.7. The van der Waals surface area contributed by atoms with Gasteiger partial charge in [-0.15, -0.1) is 0 Å². The molecule has 2 N–H and O–H groups in total. The Morgan fingerprint density at radius 2 is 1.48 bits per heavy atom.